The van der Waals surface area contributed by atoms with Crippen LogP contribution in [0.4, 0.5) is 0 Å². The first kappa shape index (κ1) is 19.4. The highest BCUT2D eigenvalue weighted by Crippen LogP contribution is 2.14. The Hall–Kier alpha value is -3.41. The highest BCUT2D eigenvalue weighted by molar-refractivity contribution is 5.97. The Kier molecular flexibility index (Phi) is 5.89. The largest absolute Gasteiger partial charge is 0.467 e. The Bertz CT molecular complexity index is 980. The predicted molar refractivity (Wildman–Crippen MR) is 106 cm³/mol. The summed E-state index contributed by atoms with van der Waals surface area (Å²) in [5.74, 6) is -0.818. The Morgan fingerprint density at radius 2 is 1.82 bits per heavy atom. The van der Waals surface area contributed by atoms with Gasteiger partial charge in [-0.3, -0.25) is 4.79 Å². The Labute approximate surface area is 164 Å². The van der Waals surface area contributed by atoms with Gasteiger partial charge in [-0.15, -0.1) is 0 Å². The number of carbonyl (C=O) groups excluding carboxylic acids is 2. The first-order valence-corrected chi connectivity index (χ1v) is 9.04. The average molecular weight is 377 g/mol. The second-order valence-corrected chi connectivity index (χ2v) is 6.63. The van der Waals surface area contributed by atoms with Crippen molar-refractivity contribution in [3.8, 4) is 5.69 Å². The maximum absolute atomic E-state index is 12.8. The molecule has 6 nitrogen and oxygen atoms in total. The van der Waals surface area contributed by atoms with Gasteiger partial charge in [0.2, 0.25) is 0 Å². The van der Waals surface area contributed by atoms with Crippen LogP contribution in [0.15, 0.2) is 60.7 Å². The van der Waals surface area contributed by atoms with Crippen molar-refractivity contribution in [1.82, 2.24) is 15.1 Å². The van der Waals surface area contributed by atoms with Crippen LogP contribution in [0.2, 0.25) is 0 Å². The fourth-order valence-electron chi connectivity index (χ4n) is 3.10. The molecule has 0 bridgehead atoms. The quantitative estimate of drug-likeness (QED) is 0.670. The second-order valence-electron chi connectivity index (χ2n) is 6.63. The number of nitrogens with zero attached hydrogens (tertiary/aromatic N) is 2. The number of benzene rings is 2. The van der Waals surface area contributed by atoms with Gasteiger partial charge in [-0.2, -0.15) is 5.10 Å². The zero-order valence-electron chi connectivity index (χ0n) is 16.2. The van der Waals surface area contributed by atoms with Crippen LogP contribution in [0, 0.1) is 13.8 Å². The van der Waals surface area contributed by atoms with Crippen LogP contribution >= 0.6 is 0 Å². The molecule has 0 unspecified atom stereocenters. The number of esters is 1. The molecule has 0 aliphatic heterocycles. The van der Waals surface area contributed by atoms with Crippen molar-refractivity contribution in [2.75, 3.05) is 7.11 Å². The summed E-state index contributed by atoms with van der Waals surface area (Å²) < 4.78 is 6.65. The molecule has 0 saturated heterocycles. The van der Waals surface area contributed by atoms with Gasteiger partial charge < -0.3 is 10.1 Å². The van der Waals surface area contributed by atoms with Gasteiger partial charge in [0.15, 0.2) is 0 Å². The first-order chi connectivity index (χ1) is 13.5. The SMILES string of the molecule is COC(=O)[C@@H](Cc1ccccc1)NC(=O)c1cccc(-n2nc(C)cc2C)c1. The number of rotatable bonds is 6. The van der Waals surface area contributed by atoms with Gasteiger partial charge in [-0.1, -0.05) is 36.4 Å². The molecule has 3 rings (SSSR count). The van der Waals surface area contributed by atoms with E-state index in [0.29, 0.717) is 12.0 Å². The lowest BCUT2D eigenvalue weighted by Crippen LogP contribution is -2.43. The van der Waals surface area contributed by atoms with Gasteiger partial charge in [0.1, 0.15) is 6.04 Å². The lowest BCUT2D eigenvalue weighted by Gasteiger charge is -2.17. The smallest absolute Gasteiger partial charge is 0.328 e. The lowest BCUT2D eigenvalue weighted by molar-refractivity contribution is -0.142. The van der Waals surface area contributed by atoms with Crippen LogP contribution in [0.1, 0.15) is 27.3 Å². The summed E-state index contributed by atoms with van der Waals surface area (Å²) in [4.78, 5) is 25.0. The minimum atomic E-state index is -0.766. The normalized spacial score (nSPS) is 11.7. The van der Waals surface area contributed by atoms with Crippen molar-refractivity contribution in [1.29, 1.82) is 0 Å². The summed E-state index contributed by atoms with van der Waals surface area (Å²) in [6.45, 7) is 3.88. The number of aromatic nitrogens is 2. The van der Waals surface area contributed by atoms with Crippen molar-refractivity contribution in [2.24, 2.45) is 0 Å². The summed E-state index contributed by atoms with van der Waals surface area (Å²) >= 11 is 0. The number of nitrogens with one attached hydrogen (secondary N) is 1. The molecule has 0 aliphatic rings. The van der Waals surface area contributed by atoms with Crippen LogP contribution in [-0.2, 0) is 16.0 Å². The minimum Gasteiger partial charge on any atom is -0.467 e. The molecular formula is C22H23N3O3. The maximum atomic E-state index is 12.8. The highest BCUT2D eigenvalue weighted by Gasteiger charge is 2.23. The van der Waals surface area contributed by atoms with Crippen LogP contribution in [0.3, 0.4) is 0 Å². The molecule has 6 heteroatoms. The third-order valence-electron chi connectivity index (χ3n) is 4.44. The van der Waals surface area contributed by atoms with Crippen molar-refractivity contribution < 1.29 is 14.3 Å². The number of hydrogen-bond acceptors (Lipinski definition) is 4. The second kappa shape index (κ2) is 8.52. The monoisotopic (exact) mass is 377 g/mol. The van der Waals surface area contributed by atoms with E-state index in [9.17, 15) is 9.59 Å². The average Bonchev–Trinajstić information content (AvgIpc) is 3.05. The number of methoxy groups -OCH3 is 1. The van der Waals surface area contributed by atoms with E-state index in [1.807, 2.05) is 56.3 Å². The summed E-state index contributed by atoms with van der Waals surface area (Å²) in [6, 6.07) is 17.9. The summed E-state index contributed by atoms with van der Waals surface area (Å²) in [6.07, 6.45) is 0.358. The maximum Gasteiger partial charge on any atom is 0.328 e. The van der Waals surface area contributed by atoms with Crippen molar-refractivity contribution >= 4 is 11.9 Å². The van der Waals surface area contributed by atoms with Gasteiger partial charge >= 0.3 is 5.97 Å². The molecule has 0 fully saturated rings. The van der Waals surface area contributed by atoms with E-state index in [-0.39, 0.29) is 5.91 Å². The summed E-state index contributed by atoms with van der Waals surface area (Å²) in [7, 11) is 1.32. The van der Waals surface area contributed by atoms with Crippen LogP contribution < -0.4 is 5.32 Å². The van der Waals surface area contributed by atoms with E-state index in [0.717, 1.165) is 22.6 Å². The zero-order valence-corrected chi connectivity index (χ0v) is 16.2. The van der Waals surface area contributed by atoms with E-state index < -0.39 is 12.0 Å². The van der Waals surface area contributed by atoms with E-state index in [2.05, 4.69) is 10.4 Å². The Balaban J connectivity index is 1.81. The van der Waals surface area contributed by atoms with Crippen LogP contribution in [-0.4, -0.2) is 34.8 Å². The number of hydrogen-bond donors (Lipinski definition) is 1. The standard InChI is InChI=1S/C22H23N3O3/c1-15-12-16(2)25(24-15)19-11-7-10-18(14-19)21(26)23-20(22(27)28-3)13-17-8-5-4-6-9-17/h4-12,14,20H,13H2,1-3H3,(H,23,26)/t20-/m1/s1. The van der Waals surface area contributed by atoms with Gasteiger partial charge in [0.25, 0.3) is 5.91 Å². The number of amides is 1. The Morgan fingerprint density at radius 1 is 1.07 bits per heavy atom. The minimum absolute atomic E-state index is 0.338. The molecule has 1 heterocycles. The molecule has 28 heavy (non-hydrogen) atoms. The van der Waals surface area contributed by atoms with Crippen LogP contribution in [0.25, 0.3) is 5.69 Å². The number of aryl methyl sites for hydroxylation is 2. The van der Waals surface area contributed by atoms with E-state index in [1.165, 1.54) is 7.11 Å². The first-order valence-electron chi connectivity index (χ1n) is 9.04. The number of ether oxygens (including phenoxy) is 1. The van der Waals surface area contributed by atoms with Gasteiger partial charge in [-0.25, -0.2) is 9.48 Å². The van der Waals surface area contributed by atoms with Crippen molar-refractivity contribution in [3.63, 3.8) is 0 Å². The van der Waals surface area contributed by atoms with Gasteiger partial charge in [0, 0.05) is 17.7 Å². The Morgan fingerprint density at radius 3 is 2.46 bits per heavy atom. The fraction of sp³-hybridized carbons (Fsp3) is 0.227. The van der Waals surface area contributed by atoms with E-state index in [4.69, 9.17) is 4.74 Å². The molecule has 1 atom stereocenters. The van der Waals surface area contributed by atoms with Gasteiger partial charge in [-0.05, 0) is 43.7 Å². The summed E-state index contributed by atoms with van der Waals surface area (Å²) in [5.41, 5.74) is 4.06. The third kappa shape index (κ3) is 4.46. The molecule has 0 spiro atoms. The van der Waals surface area contributed by atoms with Gasteiger partial charge in [0.05, 0.1) is 18.5 Å². The predicted octanol–water partition coefficient (Wildman–Crippen LogP) is 3.00. The number of carbonyl (C=O) groups is 2. The highest BCUT2D eigenvalue weighted by atomic mass is 16.5. The zero-order chi connectivity index (χ0) is 20.1. The van der Waals surface area contributed by atoms with E-state index >= 15 is 0 Å². The molecule has 0 aliphatic carbocycles. The summed E-state index contributed by atoms with van der Waals surface area (Å²) in [5, 5.41) is 7.24. The third-order valence-corrected chi connectivity index (χ3v) is 4.44. The van der Waals surface area contributed by atoms with Crippen molar-refractivity contribution in [2.45, 2.75) is 26.3 Å². The lowest BCUT2D eigenvalue weighted by atomic mass is 10.1. The molecule has 2 aromatic carbocycles. The van der Waals surface area contributed by atoms with Crippen molar-refractivity contribution in [3.05, 3.63) is 83.2 Å². The topological polar surface area (TPSA) is 73.2 Å². The molecule has 144 valence electrons. The molecule has 0 saturated carbocycles. The molecule has 1 amide bonds. The molecular weight excluding hydrogens is 354 g/mol. The fourth-order valence-corrected chi connectivity index (χ4v) is 3.10. The molecule has 1 N–H and O–H groups in total. The molecule has 3 aromatic rings. The molecule has 0 radical (unpaired) electrons. The molecule has 1 aromatic heterocycles. The van der Waals surface area contributed by atoms with Crippen LogP contribution in [0.5, 0.6) is 0 Å². The van der Waals surface area contributed by atoms with E-state index in [1.54, 1.807) is 22.9 Å².